The molecule has 1 heterocycles. The summed E-state index contributed by atoms with van der Waals surface area (Å²) in [6.45, 7) is 7.96. The van der Waals surface area contributed by atoms with Gasteiger partial charge >= 0.3 is 0 Å². The highest BCUT2D eigenvalue weighted by molar-refractivity contribution is 5.27. The maximum absolute atomic E-state index is 3.46. The molecule has 3 rings (SSSR count). The average Bonchev–Trinajstić information content (AvgIpc) is 2.97. The predicted molar refractivity (Wildman–Crippen MR) is 89.2 cm³/mol. The molecule has 0 bridgehead atoms. The van der Waals surface area contributed by atoms with E-state index in [-0.39, 0.29) is 0 Å². The average molecular weight is 286 g/mol. The van der Waals surface area contributed by atoms with E-state index in [1.54, 1.807) is 0 Å². The van der Waals surface area contributed by atoms with Crippen LogP contribution in [0.3, 0.4) is 0 Å². The van der Waals surface area contributed by atoms with Crippen molar-refractivity contribution in [1.82, 2.24) is 10.2 Å². The van der Waals surface area contributed by atoms with E-state index in [0.717, 1.165) is 25.0 Å². The molecule has 2 fully saturated rings. The third-order valence-corrected chi connectivity index (χ3v) is 5.66. The zero-order chi connectivity index (χ0) is 14.5. The van der Waals surface area contributed by atoms with Crippen LogP contribution >= 0.6 is 0 Å². The second kappa shape index (κ2) is 6.93. The maximum Gasteiger partial charge on any atom is 0.0236 e. The molecule has 0 radical (unpaired) electrons. The van der Waals surface area contributed by atoms with Gasteiger partial charge in [-0.1, -0.05) is 44.0 Å². The lowest BCUT2D eigenvalue weighted by atomic mass is 9.77. The maximum atomic E-state index is 3.46. The Bertz CT molecular complexity index is 439. The van der Waals surface area contributed by atoms with E-state index < -0.39 is 0 Å². The summed E-state index contributed by atoms with van der Waals surface area (Å²) in [5.74, 6) is 0. The van der Waals surface area contributed by atoms with Crippen molar-refractivity contribution in [3.63, 3.8) is 0 Å². The van der Waals surface area contributed by atoms with Gasteiger partial charge in [0.1, 0.15) is 0 Å². The molecule has 0 atom stereocenters. The minimum absolute atomic E-state index is 0.736. The quantitative estimate of drug-likeness (QED) is 0.881. The number of hydrogen-bond donors (Lipinski definition) is 1. The van der Waals surface area contributed by atoms with E-state index in [2.05, 4.69) is 41.4 Å². The molecule has 116 valence electrons. The zero-order valence-corrected chi connectivity index (χ0v) is 13.5. The molecule has 0 amide bonds. The highest BCUT2D eigenvalue weighted by Crippen LogP contribution is 2.46. The van der Waals surface area contributed by atoms with Crippen molar-refractivity contribution in [2.45, 2.75) is 58.5 Å². The Morgan fingerprint density at radius 2 is 1.67 bits per heavy atom. The summed E-state index contributed by atoms with van der Waals surface area (Å²) in [6.07, 6.45) is 8.82. The summed E-state index contributed by atoms with van der Waals surface area (Å²) in [5.41, 5.74) is 3.72. The van der Waals surface area contributed by atoms with Gasteiger partial charge < -0.3 is 5.32 Å². The lowest BCUT2D eigenvalue weighted by molar-refractivity contribution is 0.103. The van der Waals surface area contributed by atoms with Gasteiger partial charge in [0.2, 0.25) is 0 Å². The van der Waals surface area contributed by atoms with Gasteiger partial charge in [-0.25, -0.2) is 0 Å². The summed E-state index contributed by atoms with van der Waals surface area (Å²) >= 11 is 0. The van der Waals surface area contributed by atoms with E-state index in [0.29, 0.717) is 0 Å². The van der Waals surface area contributed by atoms with Gasteiger partial charge in [0, 0.05) is 13.1 Å². The first-order valence-electron chi connectivity index (χ1n) is 8.81. The fraction of sp³-hybridized carbons (Fsp3) is 0.684. The number of hydrogen-bond acceptors (Lipinski definition) is 2. The second-order valence-electron chi connectivity index (χ2n) is 7.03. The van der Waals surface area contributed by atoms with E-state index >= 15 is 0 Å². The van der Waals surface area contributed by atoms with Crippen LogP contribution in [0.2, 0.25) is 0 Å². The molecule has 1 N–H and O–H groups in total. The topological polar surface area (TPSA) is 15.3 Å². The minimum Gasteiger partial charge on any atom is -0.313 e. The number of piperidine rings is 1. The van der Waals surface area contributed by atoms with E-state index in [1.165, 1.54) is 62.7 Å². The zero-order valence-electron chi connectivity index (χ0n) is 13.5. The summed E-state index contributed by atoms with van der Waals surface area (Å²) in [5, 5.41) is 3.46. The fourth-order valence-electron chi connectivity index (χ4n) is 4.20. The van der Waals surface area contributed by atoms with Crippen molar-refractivity contribution in [3.05, 3.63) is 35.4 Å². The third-order valence-electron chi connectivity index (χ3n) is 5.66. The van der Waals surface area contributed by atoms with E-state index in [1.807, 2.05) is 0 Å². The van der Waals surface area contributed by atoms with Crippen LogP contribution in [0.4, 0.5) is 0 Å². The van der Waals surface area contributed by atoms with Gasteiger partial charge in [0.25, 0.3) is 0 Å². The molecule has 21 heavy (non-hydrogen) atoms. The Morgan fingerprint density at radius 1 is 1.00 bits per heavy atom. The SMILES string of the molecule is CCNCc1ccccc1CN1CCC2(CCCC2)CC1. The first-order valence-corrected chi connectivity index (χ1v) is 8.81. The van der Waals surface area contributed by atoms with Crippen molar-refractivity contribution < 1.29 is 0 Å². The van der Waals surface area contributed by atoms with Crippen molar-refractivity contribution >= 4 is 0 Å². The molecule has 1 aromatic carbocycles. The van der Waals surface area contributed by atoms with Crippen LogP contribution in [0.25, 0.3) is 0 Å². The largest absolute Gasteiger partial charge is 0.313 e. The van der Waals surface area contributed by atoms with Crippen molar-refractivity contribution in [2.24, 2.45) is 5.41 Å². The Morgan fingerprint density at radius 3 is 2.33 bits per heavy atom. The first kappa shape index (κ1) is 15.1. The van der Waals surface area contributed by atoms with Gasteiger partial charge in [-0.05, 0) is 61.9 Å². The molecule has 1 saturated carbocycles. The Hall–Kier alpha value is -0.860. The summed E-state index contributed by atoms with van der Waals surface area (Å²) < 4.78 is 0. The number of nitrogens with one attached hydrogen (secondary N) is 1. The van der Waals surface area contributed by atoms with Crippen molar-refractivity contribution in [2.75, 3.05) is 19.6 Å². The molecule has 0 aromatic heterocycles. The molecule has 2 aliphatic rings. The van der Waals surface area contributed by atoms with Crippen molar-refractivity contribution in [3.8, 4) is 0 Å². The van der Waals surface area contributed by atoms with Gasteiger partial charge in [0.15, 0.2) is 0 Å². The summed E-state index contributed by atoms with van der Waals surface area (Å²) in [4.78, 5) is 2.67. The lowest BCUT2D eigenvalue weighted by Gasteiger charge is -2.39. The van der Waals surface area contributed by atoms with Crippen LogP contribution in [-0.2, 0) is 13.1 Å². The monoisotopic (exact) mass is 286 g/mol. The smallest absolute Gasteiger partial charge is 0.0236 e. The van der Waals surface area contributed by atoms with Gasteiger partial charge in [-0.2, -0.15) is 0 Å². The van der Waals surface area contributed by atoms with Crippen LogP contribution in [0.5, 0.6) is 0 Å². The van der Waals surface area contributed by atoms with E-state index in [4.69, 9.17) is 0 Å². The van der Waals surface area contributed by atoms with Gasteiger partial charge in [-0.3, -0.25) is 4.90 Å². The van der Waals surface area contributed by atoms with Crippen LogP contribution in [0.15, 0.2) is 24.3 Å². The minimum atomic E-state index is 0.736. The van der Waals surface area contributed by atoms with E-state index in [9.17, 15) is 0 Å². The molecule has 1 aliphatic heterocycles. The summed E-state index contributed by atoms with van der Waals surface area (Å²) in [6, 6.07) is 8.94. The summed E-state index contributed by atoms with van der Waals surface area (Å²) in [7, 11) is 0. The molecule has 1 spiro atoms. The molecule has 1 aliphatic carbocycles. The van der Waals surface area contributed by atoms with Crippen LogP contribution < -0.4 is 5.32 Å². The molecule has 2 nitrogen and oxygen atoms in total. The highest BCUT2D eigenvalue weighted by atomic mass is 15.1. The normalized spacial score (nSPS) is 22.0. The Kier molecular flexibility index (Phi) is 4.97. The molecule has 1 saturated heterocycles. The standard InChI is InChI=1S/C19H30N2/c1-2-20-15-17-7-3-4-8-18(17)16-21-13-11-19(12-14-21)9-5-6-10-19/h3-4,7-8,20H,2,5-6,9-16H2,1H3. The Balaban J connectivity index is 1.57. The van der Waals surface area contributed by atoms with Crippen LogP contribution in [0.1, 0.15) is 56.6 Å². The molecule has 2 heteroatoms. The number of benzene rings is 1. The second-order valence-corrected chi connectivity index (χ2v) is 7.03. The number of rotatable bonds is 5. The first-order chi connectivity index (χ1) is 10.3. The Labute approximate surface area is 129 Å². The highest BCUT2D eigenvalue weighted by Gasteiger charge is 2.36. The molecular weight excluding hydrogens is 256 g/mol. The van der Waals surface area contributed by atoms with Crippen molar-refractivity contribution in [1.29, 1.82) is 0 Å². The predicted octanol–water partition coefficient (Wildman–Crippen LogP) is 3.95. The number of likely N-dealkylation sites (tertiary alicyclic amines) is 1. The van der Waals surface area contributed by atoms with Gasteiger partial charge in [0.05, 0.1) is 0 Å². The third kappa shape index (κ3) is 3.67. The molecular formula is C19H30N2. The van der Waals surface area contributed by atoms with Crippen LogP contribution in [0, 0.1) is 5.41 Å². The fourth-order valence-corrected chi connectivity index (χ4v) is 4.20. The molecule has 0 unspecified atom stereocenters. The lowest BCUT2D eigenvalue weighted by Crippen LogP contribution is -2.38. The molecule has 1 aromatic rings. The van der Waals surface area contributed by atoms with Gasteiger partial charge in [-0.15, -0.1) is 0 Å². The van der Waals surface area contributed by atoms with Crippen LogP contribution in [-0.4, -0.2) is 24.5 Å². The number of nitrogens with zero attached hydrogens (tertiary/aromatic N) is 1.